The molecule has 0 amide bonds. The summed E-state index contributed by atoms with van der Waals surface area (Å²) in [5.41, 5.74) is 0. The van der Waals surface area contributed by atoms with Gasteiger partial charge in [-0.25, -0.2) is 0 Å². The van der Waals surface area contributed by atoms with Crippen LogP contribution in [0.5, 0.6) is 11.5 Å². The predicted octanol–water partition coefficient (Wildman–Crippen LogP) is 2.71. The lowest BCUT2D eigenvalue weighted by atomic mass is 10.3. The topological polar surface area (TPSA) is 42.2 Å². The molecule has 0 aliphatic rings. The van der Waals surface area contributed by atoms with E-state index >= 15 is 0 Å². The Bertz CT molecular complexity index is 360. The van der Waals surface area contributed by atoms with E-state index in [4.69, 9.17) is 14.7 Å². The molecule has 0 radical (unpaired) electrons. The van der Waals surface area contributed by atoms with Gasteiger partial charge in [0.15, 0.2) is 11.5 Å². The van der Waals surface area contributed by atoms with Gasteiger partial charge < -0.3 is 9.47 Å². The molecule has 3 nitrogen and oxygen atoms in total. The van der Waals surface area contributed by atoms with Gasteiger partial charge in [-0.15, -0.1) is 11.8 Å². The fourth-order valence-corrected chi connectivity index (χ4v) is 1.90. The summed E-state index contributed by atoms with van der Waals surface area (Å²) >= 11 is 1.64. The van der Waals surface area contributed by atoms with E-state index in [1.165, 1.54) is 0 Å². The lowest BCUT2D eigenvalue weighted by Crippen LogP contribution is -1.90. The molecule has 0 N–H and O–H groups in total. The van der Waals surface area contributed by atoms with Crippen LogP contribution in [0.3, 0.4) is 0 Å². The predicted molar refractivity (Wildman–Crippen MR) is 60.5 cm³/mol. The van der Waals surface area contributed by atoms with Crippen LogP contribution in [0, 0.1) is 11.3 Å². The number of ether oxygens (including phenoxy) is 2. The van der Waals surface area contributed by atoms with Crippen LogP contribution in [0.25, 0.3) is 0 Å². The summed E-state index contributed by atoms with van der Waals surface area (Å²) in [5, 5.41) is 8.42. The van der Waals surface area contributed by atoms with E-state index in [0.717, 1.165) is 22.1 Å². The van der Waals surface area contributed by atoms with Gasteiger partial charge in [0.2, 0.25) is 0 Å². The largest absolute Gasteiger partial charge is 0.493 e. The van der Waals surface area contributed by atoms with Crippen LogP contribution in [0.1, 0.15) is 6.42 Å². The van der Waals surface area contributed by atoms with Crippen LogP contribution in [-0.2, 0) is 0 Å². The van der Waals surface area contributed by atoms with Crippen LogP contribution in [0.2, 0.25) is 0 Å². The molecular weight excluding hydrogens is 210 g/mol. The molecule has 80 valence electrons. The lowest BCUT2D eigenvalue weighted by Gasteiger charge is -2.08. The summed E-state index contributed by atoms with van der Waals surface area (Å²) in [6, 6.07) is 7.86. The van der Waals surface area contributed by atoms with Crippen molar-refractivity contribution in [3.63, 3.8) is 0 Å². The molecule has 15 heavy (non-hydrogen) atoms. The molecule has 0 fully saturated rings. The number of thioether (sulfide) groups is 1. The zero-order valence-corrected chi connectivity index (χ0v) is 9.63. The molecule has 0 saturated carbocycles. The van der Waals surface area contributed by atoms with Gasteiger partial charge in [0, 0.05) is 17.1 Å². The molecule has 0 saturated heterocycles. The molecule has 4 heteroatoms. The van der Waals surface area contributed by atoms with Crippen molar-refractivity contribution in [1.82, 2.24) is 0 Å². The third kappa shape index (κ3) is 3.37. The Labute approximate surface area is 94.0 Å². The molecule has 1 aromatic carbocycles. The maximum atomic E-state index is 8.42. The van der Waals surface area contributed by atoms with E-state index < -0.39 is 0 Å². The van der Waals surface area contributed by atoms with Gasteiger partial charge in [0.25, 0.3) is 0 Å². The standard InChI is InChI=1S/C11H13NO2S/c1-13-10-5-4-9(8-11(10)14-2)15-7-3-6-12/h4-5,8H,3,7H2,1-2H3. The summed E-state index contributed by atoms with van der Waals surface area (Å²) in [6.07, 6.45) is 0.555. The van der Waals surface area contributed by atoms with Crippen molar-refractivity contribution in [3.8, 4) is 17.6 Å². The van der Waals surface area contributed by atoms with Gasteiger partial charge in [0.1, 0.15) is 0 Å². The smallest absolute Gasteiger partial charge is 0.161 e. The van der Waals surface area contributed by atoms with Gasteiger partial charge in [-0.1, -0.05) is 0 Å². The Hall–Kier alpha value is -1.34. The highest BCUT2D eigenvalue weighted by molar-refractivity contribution is 7.99. The normalized spacial score (nSPS) is 9.40. The first-order valence-corrected chi connectivity index (χ1v) is 5.52. The molecule has 0 bridgehead atoms. The molecule has 0 aliphatic heterocycles. The van der Waals surface area contributed by atoms with Crippen LogP contribution in [0.4, 0.5) is 0 Å². The van der Waals surface area contributed by atoms with E-state index in [1.54, 1.807) is 26.0 Å². The van der Waals surface area contributed by atoms with Crippen molar-refractivity contribution in [3.05, 3.63) is 18.2 Å². The van der Waals surface area contributed by atoms with Gasteiger partial charge >= 0.3 is 0 Å². The van der Waals surface area contributed by atoms with Crippen LogP contribution >= 0.6 is 11.8 Å². The van der Waals surface area contributed by atoms with E-state index in [1.807, 2.05) is 18.2 Å². The Morgan fingerprint density at radius 1 is 1.27 bits per heavy atom. The van der Waals surface area contributed by atoms with E-state index in [0.29, 0.717) is 6.42 Å². The molecule has 0 unspecified atom stereocenters. The third-order valence-corrected chi connectivity index (χ3v) is 2.83. The first-order chi connectivity index (χ1) is 7.31. The summed E-state index contributed by atoms with van der Waals surface area (Å²) in [5.74, 6) is 2.24. The highest BCUT2D eigenvalue weighted by Gasteiger charge is 2.04. The van der Waals surface area contributed by atoms with Crippen LogP contribution < -0.4 is 9.47 Å². The first kappa shape index (κ1) is 11.7. The molecular formula is C11H13NO2S. The summed E-state index contributed by atoms with van der Waals surface area (Å²) in [4.78, 5) is 1.09. The second kappa shape index (κ2) is 6.20. The number of nitriles is 1. The number of benzene rings is 1. The number of hydrogen-bond acceptors (Lipinski definition) is 4. The molecule has 0 atom stereocenters. The second-order valence-electron chi connectivity index (χ2n) is 2.77. The summed E-state index contributed by atoms with van der Waals surface area (Å²) in [6.45, 7) is 0. The van der Waals surface area contributed by atoms with Crippen molar-refractivity contribution in [2.45, 2.75) is 11.3 Å². The second-order valence-corrected chi connectivity index (χ2v) is 3.94. The minimum atomic E-state index is 0.555. The van der Waals surface area contributed by atoms with Gasteiger partial charge in [0.05, 0.1) is 20.3 Å². The Kier molecular flexibility index (Phi) is 4.85. The number of methoxy groups -OCH3 is 2. The monoisotopic (exact) mass is 223 g/mol. The van der Waals surface area contributed by atoms with Crippen molar-refractivity contribution in [2.24, 2.45) is 0 Å². The Morgan fingerprint density at radius 3 is 2.60 bits per heavy atom. The lowest BCUT2D eigenvalue weighted by molar-refractivity contribution is 0.354. The average molecular weight is 223 g/mol. The van der Waals surface area contributed by atoms with E-state index in [-0.39, 0.29) is 0 Å². The molecule has 1 aromatic rings. The van der Waals surface area contributed by atoms with Crippen molar-refractivity contribution < 1.29 is 9.47 Å². The highest BCUT2D eigenvalue weighted by Crippen LogP contribution is 2.31. The zero-order chi connectivity index (χ0) is 11.1. The average Bonchev–Trinajstić information content (AvgIpc) is 2.29. The van der Waals surface area contributed by atoms with Crippen molar-refractivity contribution >= 4 is 11.8 Å². The van der Waals surface area contributed by atoms with E-state index in [9.17, 15) is 0 Å². The Morgan fingerprint density at radius 2 is 2.00 bits per heavy atom. The molecule has 0 aromatic heterocycles. The fourth-order valence-electron chi connectivity index (χ4n) is 1.12. The van der Waals surface area contributed by atoms with Gasteiger partial charge in [-0.2, -0.15) is 5.26 Å². The molecule has 0 heterocycles. The zero-order valence-electron chi connectivity index (χ0n) is 8.82. The van der Waals surface area contributed by atoms with Gasteiger partial charge in [-0.05, 0) is 18.2 Å². The maximum Gasteiger partial charge on any atom is 0.161 e. The highest BCUT2D eigenvalue weighted by atomic mass is 32.2. The fraction of sp³-hybridized carbons (Fsp3) is 0.364. The van der Waals surface area contributed by atoms with Crippen molar-refractivity contribution in [2.75, 3.05) is 20.0 Å². The molecule has 1 rings (SSSR count). The number of hydrogen-bond donors (Lipinski definition) is 0. The van der Waals surface area contributed by atoms with Crippen LogP contribution in [-0.4, -0.2) is 20.0 Å². The SMILES string of the molecule is COc1ccc(SCCC#N)cc1OC. The molecule has 0 spiro atoms. The number of nitrogens with zero attached hydrogens (tertiary/aromatic N) is 1. The minimum Gasteiger partial charge on any atom is -0.493 e. The summed E-state index contributed by atoms with van der Waals surface area (Å²) in [7, 11) is 3.22. The van der Waals surface area contributed by atoms with E-state index in [2.05, 4.69) is 6.07 Å². The van der Waals surface area contributed by atoms with Crippen molar-refractivity contribution in [1.29, 1.82) is 5.26 Å². The Balaban J connectivity index is 2.71. The minimum absolute atomic E-state index is 0.555. The van der Waals surface area contributed by atoms with Crippen LogP contribution in [0.15, 0.2) is 23.1 Å². The number of rotatable bonds is 5. The van der Waals surface area contributed by atoms with Gasteiger partial charge in [-0.3, -0.25) is 0 Å². The first-order valence-electron chi connectivity index (χ1n) is 4.53. The molecule has 0 aliphatic carbocycles. The third-order valence-electron chi connectivity index (χ3n) is 1.84. The summed E-state index contributed by atoms with van der Waals surface area (Å²) < 4.78 is 10.3. The quantitative estimate of drug-likeness (QED) is 0.568. The maximum absolute atomic E-state index is 8.42.